The van der Waals surface area contributed by atoms with E-state index in [2.05, 4.69) is 10.3 Å². The van der Waals surface area contributed by atoms with Gasteiger partial charge in [0.2, 0.25) is 0 Å². The molecule has 4 nitrogen and oxygen atoms in total. The second-order valence-corrected chi connectivity index (χ2v) is 2.91. The predicted octanol–water partition coefficient (Wildman–Crippen LogP) is 1.87. The third-order valence-corrected chi connectivity index (χ3v) is 1.81. The molecule has 0 fully saturated rings. The third-order valence-electron chi connectivity index (χ3n) is 1.81. The van der Waals surface area contributed by atoms with Gasteiger partial charge < -0.3 is 15.5 Å². The van der Waals surface area contributed by atoms with Crippen LogP contribution in [0.3, 0.4) is 0 Å². The number of hydrogen-bond donors (Lipinski definition) is 2. The van der Waals surface area contributed by atoms with Crippen molar-refractivity contribution >= 4 is 11.5 Å². The third kappa shape index (κ3) is 2.04. The van der Waals surface area contributed by atoms with Crippen LogP contribution in [0.5, 0.6) is 0 Å². The molecule has 2 aromatic rings. The van der Waals surface area contributed by atoms with E-state index < -0.39 is 0 Å². The standard InChI is InChI=1S/C10H11N3O/c11-8-3-4-10(12-6-8)13-7-9-2-1-5-14-9/h1-6H,7,11H2,(H,12,13). The molecule has 0 aromatic carbocycles. The van der Waals surface area contributed by atoms with E-state index in [-0.39, 0.29) is 0 Å². The van der Waals surface area contributed by atoms with Gasteiger partial charge in [-0.2, -0.15) is 0 Å². The fraction of sp³-hybridized carbons (Fsp3) is 0.100. The molecule has 0 aliphatic rings. The molecule has 0 aliphatic heterocycles. The number of rotatable bonds is 3. The van der Waals surface area contributed by atoms with Crippen molar-refractivity contribution in [1.29, 1.82) is 0 Å². The van der Waals surface area contributed by atoms with Crippen LogP contribution in [0.25, 0.3) is 0 Å². The minimum absolute atomic E-state index is 0.629. The molecule has 0 amide bonds. The number of nitrogens with two attached hydrogens (primary N) is 1. The molecule has 14 heavy (non-hydrogen) atoms. The fourth-order valence-electron chi connectivity index (χ4n) is 1.10. The molecule has 0 aliphatic carbocycles. The van der Waals surface area contributed by atoms with Crippen molar-refractivity contribution in [2.24, 2.45) is 0 Å². The number of pyridine rings is 1. The summed E-state index contributed by atoms with van der Waals surface area (Å²) < 4.78 is 5.16. The Hall–Kier alpha value is -1.97. The average Bonchev–Trinajstić information content (AvgIpc) is 2.70. The zero-order valence-electron chi connectivity index (χ0n) is 7.60. The molecule has 0 unspecified atom stereocenters. The molecule has 0 saturated heterocycles. The number of hydrogen-bond acceptors (Lipinski definition) is 4. The van der Waals surface area contributed by atoms with Crippen LogP contribution in [-0.2, 0) is 6.54 Å². The molecule has 0 bridgehead atoms. The van der Waals surface area contributed by atoms with Gasteiger partial charge >= 0.3 is 0 Å². The molecule has 0 atom stereocenters. The molecular weight excluding hydrogens is 178 g/mol. The Morgan fingerprint density at radius 2 is 2.29 bits per heavy atom. The molecule has 0 radical (unpaired) electrons. The van der Waals surface area contributed by atoms with E-state index in [1.54, 1.807) is 18.5 Å². The van der Waals surface area contributed by atoms with Crippen LogP contribution in [0.15, 0.2) is 41.1 Å². The second kappa shape index (κ2) is 3.83. The number of nitrogens with one attached hydrogen (secondary N) is 1. The first-order valence-corrected chi connectivity index (χ1v) is 4.32. The highest BCUT2D eigenvalue weighted by atomic mass is 16.3. The summed E-state index contributed by atoms with van der Waals surface area (Å²) >= 11 is 0. The maximum absolute atomic E-state index is 5.51. The topological polar surface area (TPSA) is 64.1 Å². The fourth-order valence-corrected chi connectivity index (χ4v) is 1.10. The first kappa shape index (κ1) is 8.62. The Labute approximate surface area is 81.8 Å². The summed E-state index contributed by atoms with van der Waals surface area (Å²) in [5.41, 5.74) is 6.17. The van der Waals surface area contributed by atoms with Crippen LogP contribution in [0.2, 0.25) is 0 Å². The van der Waals surface area contributed by atoms with Crippen LogP contribution in [0.1, 0.15) is 5.76 Å². The summed E-state index contributed by atoms with van der Waals surface area (Å²) in [6.45, 7) is 0.629. The van der Waals surface area contributed by atoms with Crippen molar-refractivity contribution in [3.8, 4) is 0 Å². The van der Waals surface area contributed by atoms with E-state index in [0.29, 0.717) is 12.2 Å². The van der Waals surface area contributed by atoms with Gasteiger partial charge in [0.05, 0.1) is 24.7 Å². The highest BCUT2D eigenvalue weighted by molar-refractivity contribution is 5.43. The lowest BCUT2D eigenvalue weighted by Crippen LogP contribution is -2.00. The lowest BCUT2D eigenvalue weighted by atomic mass is 10.4. The van der Waals surface area contributed by atoms with E-state index in [1.807, 2.05) is 18.2 Å². The largest absolute Gasteiger partial charge is 0.467 e. The van der Waals surface area contributed by atoms with Crippen LogP contribution in [-0.4, -0.2) is 4.98 Å². The number of aromatic nitrogens is 1. The minimum Gasteiger partial charge on any atom is -0.467 e. The highest BCUT2D eigenvalue weighted by Crippen LogP contribution is 2.08. The van der Waals surface area contributed by atoms with Gasteiger partial charge in [-0.1, -0.05) is 0 Å². The van der Waals surface area contributed by atoms with E-state index in [4.69, 9.17) is 10.2 Å². The van der Waals surface area contributed by atoms with Gasteiger partial charge in [0, 0.05) is 0 Å². The molecular formula is C10H11N3O. The molecule has 0 saturated carbocycles. The van der Waals surface area contributed by atoms with Crippen molar-refractivity contribution < 1.29 is 4.42 Å². The summed E-state index contributed by atoms with van der Waals surface area (Å²) in [4.78, 5) is 4.10. The van der Waals surface area contributed by atoms with E-state index in [1.165, 1.54) is 0 Å². The first-order chi connectivity index (χ1) is 6.84. The van der Waals surface area contributed by atoms with Crippen molar-refractivity contribution in [3.63, 3.8) is 0 Å². The van der Waals surface area contributed by atoms with E-state index in [0.717, 1.165) is 11.6 Å². The zero-order valence-corrected chi connectivity index (χ0v) is 7.60. The van der Waals surface area contributed by atoms with Crippen molar-refractivity contribution in [3.05, 3.63) is 42.5 Å². The molecule has 0 spiro atoms. The van der Waals surface area contributed by atoms with Crippen molar-refractivity contribution in [2.45, 2.75) is 6.54 Å². The number of furan rings is 1. The zero-order chi connectivity index (χ0) is 9.80. The Morgan fingerprint density at radius 1 is 1.36 bits per heavy atom. The summed E-state index contributed by atoms with van der Waals surface area (Å²) in [6, 6.07) is 7.40. The first-order valence-electron chi connectivity index (χ1n) is 4.32. The number of anilines is 2. The van der Waals surface area contributed by atoms with Gasteiger partial charge in [-0.3, -0.25) is 0 Å². The number of nitrogens with zero attached hydrogens (tertiary/aromatic N) is 1. The Kier molecular flexibility index (Phi) is 2.36. The minimum atomic E-state index is 0.629. The van der Waals surface area contributed by atoms with Gasteiger partial charge in [0.25, 0.3) is 0 Å². The lowest BCUT2D eigenvalue weighted by molar-refractivity contribution is 0.518. The SMILES string of the molecule is Nc1ccc(NCc2ccco2)nc1. The van der Waals surface area contributed by atoms with Crippen LogP contribution in [0, 0.1) is 0 Å². The van der Waals surface area contributed by atoms with Gasteiger partial charge in [0.15, 0.2) is 0 Å². The molecule has 72 valence electrons. The lowest BCUT2D eigenvalue weighted by Gasteiger charge is -2.02. The summed E-state index contributed by atoms with van der Waals surface area (Å²) in [7, 11) is 0. The Bertz CT molecular complexity index is 380. The van der Waals surface area contributed by atoms with Gasteiger partial charge in [0.1, 0.15) is 11.6 Å². The van der Waals surface area contributed by atoms with Crippen molar-refractivity contribution in [1.82, 2.24) is 4.98 Å². The molecule has 4 heteroatoms. The van der Waals surface area contributed by atoms with E-state index >= 15 is 0 Å². The van der Waals surface area contributed by atoms with Gasteiger partial charge in [-0.05, 0) is 24.3 Å². The highest BCUT2D eigenvalue weighted by Gasteiger charge is 1.96. The van der Waals surface area contributed by atoms with Crippen molar-refractivity contribution in [2.75, 3.05) is 11.1 Å². The van der Waals surface area contributed by atoms with Crippen LogP contribution >= 0.6 is 0 Å². The van der Waals surface area contributed by atoms with Crippen LogP contribution < -0.4 is 11.1 Å². The molecule has 2 rings (SSSR count). The Morgan fingerprint density at radius 3 is 2.93 bits per heavy atom. The maximum atomic E-state index is 5.51. The quantitative estimate of drug-likeness (QED) is 0.773. The summed E-state index contributed by atoms with van der Waals surface area (Å²) in [5.74, 6) is 1.67. The Balaban J connectivity index is 1.95. The van der Waals surface area contributed by atoms with Crippen LogP contribution in [0.4, 0.5) is 11.5 Å². The second-order valence-electron chi connectivity index (χ2n) is 2.91. The smallest absolute Gasteiger partial charge is 0.126 e. The molecule has 2 aromatic heterocycles. The van der Waals surface area contributed by atoms with Gasteiger partial charge in [-0.25, -0.2) is 4.98 Å². The normalized spacial score (nSPS) is 10.0. The predicted molar refractivity (Wildman–Crippen MR) is 54.7 cm³/mol. The monoisotopic (exact) mass is 189 g/mol. The average molecular weight is 189 g/mol. The summed E-state index contributed by atoms with van der Waals surface area (Å²) in [6.07, 6.45) is 3.26. The maximum Gasteiger partial charge on any atom is 0.126 e. The van der Waals surface area contributed by atoms with Gasteiger partial charge in [-0.15, -0.1) is 0 Å². The molecule has 3 N–H and O–H groups in total. The number of nitrogen functional groups attached to an aromatic ring is 1. The van der Waals surface area contributed by atoms with E-state index in [9.17, 15) is 0 Å². The summed E-state index contributed by atoms with van der Waals surface area (Å²) in [5, 5.41) is 3.11. The molecule has 2 heterocycles.